The van der Waals surface area contributed by atoms with Crippen molar-refractivity contribution in [3.8, 4) is 0 Å². The van der Waals surface area contributed by atoms with E-state index in [1.54, 1.807) is 0 Å². The number of ether oxygens (including phenoxy) is 1. The largest absolute Gasteiger partial charge is 0.381 e. The van der Waals surface area contributed by atoms with E-state index in [1.807, 2.05) is 20.0 Å². The molecule has 0 aromatic carbocycles. The molecule has 1 saturated heterocycles. The highest BCUT2D eigenvalue weighted by molar-refractivity contribution is 5.41. The lowest BCUT2D eigenvalue weighted by Crippen LogP contribution is -2.11. The van der Waals surface area contributed by atoms with Crippen LogP contribution in [0.25, 0.3) is 0 Å². The Hall–Kier alpha value is -1.36. The molecule has 5 nitrogen and oxygen atoms in total. The molecule has 0 aliphatic carbocycles. The summed E-state index contributed by atoms with van der Waals surface area (Å²) in [6.45, 7) is 4.74. The van der Waals surface area contributed by atoms with E-state index in [0.29, 0.717) is 11.9 Å². The zero-order chi connectivity index (χ0) is 12.1. The van der Waals surface area contributed by atoms with Gasteiger partial charge in [0.25, 0.3) is 0 Å². The molecular weight excluding hydrogens is 216 g/mol. The van der Waals surface area contributed by atoms with Crippen molar-refractivity contribution in [3.05, 3.63) is 11.8 Å². The quantitative estimate of drug-likeness (QED) is 0.814. The highest BCUT2D eigenvalue weighted by Crippen LogP contribution is 2.16. The smallest absolute Gasteiger partial charge is 0.224 e. The first-order valence-corrected chi connectivity index (χ1v) is 6.13. The second kappa shape index (κ2) is 5.82. The van der Waals surface area contributed by atoms with Gasteiger partial charge in [-0.1, -0.05) is 0 Å². The van der Waals surface area contributed by atoms with Gasteiger partial charge in [-0.05, 0) is 25.7 Å². The highest BCUT2D eigenvalue weighted by atomic mass is 16.5. The molecule has 1 aromatic rings. The fourth-order valence-corrected chi connectivity index (χ4v) is 1.99. The number of nitrogens with zero attached hydrogens (tertiary/aromatic N) is 2. The van der Waals surface area contributed by atoms with Crippen LogP contribution in [0.5, 0.6) is 0 Å². The van der Waals surface area contributed by atoms with Crippen molar-refractivity contribution in [2.45, 2.75) is 19.8 Å². The van der Waals surface area contributed by atoms with E-state index >= 15 is 0 Å². The van der Waals surface area contributed by atoms with E-state index in [2.05, 4.69) is 20.6 Å². The molecule has 0 radical (unpaired) electrons. The maximum absolute atomic E-state index is 5.35. The third-order valence-electron chi connectivity index (χ3n) is 2.96. The van der Waals surface area contributed by atoms with Gasteiger partial charge in [-0.25, -0.2) is 4.98 Å². The topological polar surface area (TPSA) is 59.1 Å². The molecule has 0 spiro atoms. The molecule has 2 N–H and O–H groups in total. The van der Waals surface area contributed by atoms with Crippen LogP contribution in [0.2, 0.25) is 0 Å². The van der Waals surface area contributed by atoms with Gasteiger partial charge in [-0.3, -0.25) is 0 Å². The normalized spacial score (nSPS) is 19.3. The van der Waals surface area contributed by atoms with E-state index < -0.39 is 0 Å². The molecule has 0 saturated carbocycles. The van der Waals surface area contributed by atoms with Crippen molar-refractivity contribution in [3.63, 3.8) is 0 Å². The van der Waals surface area contributed by atoms with Crippen molar-refractivity contribution in [1.29, 1.82) is 0 Å². The molecule has 94 valence electrons. The van der Waals surface area contributed by atoms with Crippen molar-refractivity contribution in [2.75, 3.05) is 37.4 Å². The molecule has 1 aliphatic heterocycles. The first-order chi connectivity index (χ1) is 8.28. The summed E-state index contributed by atoms with van der Waals surface area (Å²) < 4.78 is 5.35. The van der Waals surface area contributed by atoms with E-state index in [1.165, 1.54) is 6.42 Å². The number of rotatable bonds is 5. The Bertz CT molecular complexity index is 364. The zero-order valence-corrected chi connectivity index (χ0v) is 10.5. The van der Waals surface area contributed by atoms with Crippen LogP contribution in [0.1, 0.15) is 18.5 Å². The Morgan fingerprint density at radius 3 is 3.06 bits per heavy atom. The molecule has 1 atom stereocenters. The highest BCUT2D eigenvalue weighted by Gasteiger charge is 2.14. The van der Waals surface area contributed by atoms with Crippen molar-refractivity contribution < 1.29 is 4.74 Å². The summed E-state index contributed by atoms with van der Waals surface area (Å²) in [5.74, 6) is 2.26. The summed E-state index contributed by atoms with van der Waals surface area (Å²) in [5.41, 5.74) is 0.969. The number of hydrogen-bond donors (Lipinski definition) is 2. The van der Waals surface area contributed by atoms with Crippen LogP contribution in [-0.4, -0.2) is 36.8 Å². The SMILES string of the molecule is CNc1nc(C)cc(NCCC2CCOC2)n1. The van der Waals surface area contributed by atoms with Crippen LogP contribution in [0.15, 0.2) is 6.07 Å². The third-order valence-corrected chi connectivity index (χ3v) is 2.96. The summed E-state index contributed by atoms with van der Waals surface area (Å²) in [7, 11) is 1.83. The number of anilines is 2. The Kier molecular flexibility index (Phi) is 4.14. The maximum atomic E-state index is 5.35. The lowest BCUT2D eigenvalue weighted by molar-refractivity contribution is 0.185. The Balaban J connectivity index is 1.83. The molecule has 0 bridgehead atoms. The molecule has 2 heterocycles. The van der Waals surface area contributed by atoms with Crippen LogP contribution < -0.4 is 10.6 Å². The fraction of sp³-hybridized carbons (Fsp3) is 0.667. The first-order valence-electron chi connectivity index (χ1n) is 6.13. The van der Waals surface area contributed by atoms with E-state index in [4.69, 9.17) is 4.74 Å². The van der Waals surface area contributed by atoms with Crippen molar-refractivity contribution in [2.24, 2.45) is 5.92 Å². The minimum absolute atomic E-state index is 0.664. The minimum atomic E-state index is 0.664. The van der Waals surface area contributed by atoms with Crippen LogP contribution >= 0.6 is 0 Å². The third kappa shape index (κ3) is 3.56. The van der Waals surface area contributed by atoms with Crippen LogP contribution in [0.3, 0.4) is 0 Å². The zero-order valence-electron chi connectivity index (χ0n) is 10.5. The van der Waals surface area contributed by atoms with Gasteiger partial charge in [0.1, 0.15) is 5.82 Å². The summed E-state index contributed by atoms with van der Waals surface area (Å²) in [6.07, 6.45) is 2.32. The standard InChI is InChI=1S/C12H20N4O/c1-9-7-11(16-12(13-2)15-9)14-5-3-10-4-6-17-8-10/h7,10H,3-6,8H2,1-2H3,(H2,13,14,15,16). The number of nitrogens with one attached hydrogen (secondary N) is 2. The van der Waals surface area contributed by atoms with Gasteiger partial charge in [-0.15, -0.1) is 0 Å². The number of hydrogen-bond acceptors (Lipinski definition) is 5. The van der Waals surface area contributed by atoms with E-state index in [9.17, 15) is 0 Å². The van der Waals surface area contributed by atoms with Gasteiger partial charge in [0.05, 0.1) is 0 Å². The van der Waals surface area contributed by atoms with Gasteiger partial charge in [-0.2, -0.15) is 4.98 Å². The molecule has 1 unspecified atom stereocenters. The lowest BCUT2D eigenvalue weighted by Gasteiger charge is -2.10. The Morgan fingerprint density at radius 1 is 1.47 bits per heavy atom. The van der Waals surface area contributed by atoms with E-state index in [-0.39, 0.29) is 0 Å². The first kappa shape index (κ1) is 12.1. The van der Waals surface area contributed by atoms with Gasteiger partial charge < -0.3 is 15.4 Å². The number of aryl methyl sites for hydroxylation is 1. The molecule has 2 rings (SSSR count). The predicted octanol–water partition coefficient (Wildman–Crippen LogP) is 1.67. The lowest BCUT2D eigenvalue weighted by atomic mass is 10.1. The molecule has 1 fully saturated rings. The maximum Gasteiger partial charge on any atom is 0.224 e. The fourth-order valence-electron chi connectivity index (χ4n) is 1.99. The minimum Gasteiger partial charge on any atom is -0.381 e. The molecular formula is C12H20N4O. The van der Waals surface area contributed by atoms with Crippen LogP contribution in [0, 0.1) is 12.8 Å². The van der Waals surface area contributed by atoms with Gasteiger partial charge in [0, 0.05) is 38.6 Å². The Morgan fingerprint density at radius 2 is 2.35 bits per heavy atom. The van der Waals surface area contributed by atoms with Gasteiger partial charge in [0.15, 0.2) is 0 Å². The van der Waals surface area contributed by atoms with Gasteiger partial charge in [0.2, 0.25) is 5.95 Å². The van der Waals surface area contributed by atoms with Crippen molar-refractivity contribution >= 4 is 11.8 Å². The monoisotopic (exact) mass is 236 g/mol. The van der Waals surface area contributed by atoms with Gasteiger partial charge >= 0.3 is 0 Å². The van der Waals surface area contributed by atoms with Crippen LogP contribution in [-0.2, 0) is 4.74 Å². The predicted molar refractivity (Wildman–Crippen MR) is 68.3 cm³/mol. The molecule has 1 aromatic heterocycles. The second-order valence-corrected chi connectivity index (χ2v) is 4.41. The second-order valence-electron chi connectivity index (χ2n) is 4.41. The molecule has 17 heavy (non-hydrogen) atoms. The van der Waals surface area contributed by atoms with Crippen molar-refractivity contribution in [1.82, 2.24) is 9.97 Å². The molecule has 5 heteroatoms. The summed E-state index contributed by atoms with van der Waals surface area (Å²) in [5, 5.41) is 6.30. The number of aromatic nitrogens is 2. The average Bonchev–Trinajstić information content (AvgIpc) is 2.81. The summed E-state index contributed by atoms with van der Waals surface area (Å²) in [6, 6.07) is 1.96. The summed E-state index contributed by atoms with van der Waals surface area (Å²) >= 11 is 0. The average molecular weight is 236 g/mol. The molecule has 0 amide bonds. The van der Waals surface area contributed by atoms with E-state index in [0.717, 1.165) is 37.7 Å². The summed E-state index contributed by atoms with van der Waals surface area (Å²) in [4.78, 5) is 8.61. The van der Waals surface area contributed by atoms with Crippen LogP contribution in [0.4, 0.5) is 11.8 Å². The Labute approximate surface area is 102 Å². The molecule has 1 aliphatic rings.